The van der Waals surface area contributed by atoms with Gasteiger partial charge in [0.1, 0.15) is 0 Å². The maximum absolute atomic E-state index is 12.7. The molecule has 0 radical (unpaired) electrons. The summed E-state index contributed by atoms with van der Waals surface area (Å²) in [6.45, 7) is 2.12. The second-order valence-electron chi connectivity index (χ2n) is 8.69. The number of piperidine rings is 1. The van der Waals surface area contributed by atoms with Gasteiger partial charge in [0.15, 0.2) is 0 Å². The van der Waals surface area contributed by atoms with Crippen LogP contribution in [-0.4, -0.2) is 40.9 Å². The van der Waals surface area contributed by atoms with E-state index in [-0.39, 0.29) is 17.6 Å². The summed E-state index contributed by atoms with van der Waals surface area (Å²) in [5, 5.41) is 14.8. The van der Waals surface area contributed by atoms with Gasteiger partial charge in [0.25, 0.3) is 11.6 Å². The van der Waals surface area contributed by atoms with Gasteiger partial charge in [0.05, 0.1) is 4.92 Å². The number of halogens is 1. The van der Waals surface area contributed by atoms with E-state index in [1.807, 2.05) is 12.1 Å². The van der Waals surface area contributed by atoms with E-state index in [4.69, 9.17) is 11.6 Å². The third-order valence-corrected chi connectivity index (χ3v) is 6.94. The molecule has 0 bridgehead atoms. The van der Waals surface area contributed by atoms with Crippen molar-refractivity contribution in [3.8, 4) is 0 Å². The molecule has 2 atom stereocenters. The third kappa shape index (κ3) is 5.43. The molecular weight excluding hydrogens is 414 g/mol. The van der Waals surface area contributed by atoms with Gasteiger partial charge in [-0.2, -0.15) is 0 Å². The van der Waals surface area contributed by atoms with Gasteiger partial charge in [-0.15, -0.1) is 0 Å². The Bertz CT molecular complexity index is 909. The van der Waals surface area contributed by atoms with Crippen molar-refractivity contribution in [2.45, 2.75) is 50.6 Å². The highest BCUT2D eigenvalue weighted by molar-refractivity contribution is 6.30. The predicted molar refractivity (Wildman–Crippen MR) is 121 cm³/mol. The summed E-state index contributed by atoms with van der Waals surface area (Å²) in [7, 11) is 0. The number of carbonyl (C=O) groups is 1. The Morgan fingerprint density at radius 1 is 1.03 bits per heavy atom. The topological polar surface area (TPSA) is 75.5 Å². The molecule has 2 aromatic rings. The number of non-ortho nitro benzene ring substituents is 1. The molecular formula is C24H28ClN3O3. The molecule has 2 unspecified atom stereocenters. The molecule has 1 saturated heterocycles. The highest BCUT2D eigenvalue weighted by Crippen LogP contribution is 2.30. The summed E-state index contributed by atoms with van der Waals surface area (Å²) in [5.41, 5.74) is 1.81. The first-order chi connectivity index (χ1) is 15.0. The summed E-state index contributed by atoms with van der Waals surface area (Å²) < 4.78 is 0. The van der Waals surface area contributed by atoms with Gasteiger partial charge in [-0.1, -0.05) is 23.7 Å². The lowest BCUT2D eigenvalue weighted by Crippen LogP contribution is -2.51. The van der Waals surface area contributed by atoms with E-state index in [1.165, 1.54) is 42.7 Å². The first-order valence-corrected chi connectivity index (χ1v) is 11.4. The minimum Gasteiger partial charge on any atom is -0.348 e. The average Bonchev–Trinajstić information content (AvgIpc) is 3.24. The smallest absolute Gasteiger partial charge is 0.269 e. The number of nitrogens with one attached hydrogen (secondary N) is 1. The zero-order valence-corrected chi connectivity index (χ0v) is 18.3. The fourth-order valence-corrected chi connectivity index (χ4v) is 5.10. The van der Waals surface area contributed by atoms with Crippen molar-refractivity contribution in [1.82, 2.24) is 10.2 Å². The molecule has 1 saturated carbocycles. The van der Waals surface area contributed by atoms with E-state index >= 15 is 0 Å². The summed E-state index contributed by atoms with van der Waals surface area (Å²) in [4.78, 5) is 25.6. The Kier molecular flexibility index (Phi) is 6.88. The molecule has 0 spiro atoms. The lowest BCUT2D eigenvalue weighted by atomic mass is 9.89. The van der Waals surface area contributed by atoms with Gasteiger partial charge in [-0.05, 0) is 87.4 Å². The molecule has 4 rings (SSSR count). The van der Waals surface area contributed by atoms with E-state index in [0.717, 1.165) is 43.8 Å². The van der Waals surface area contributed by atoms with Gasteiger partial charge in [0.2, 0.25) is 0 Å². The Balaban J connectivity index is 1.30. The molecule has 1 aliphatic heterocycles. The van der Waals surface area contributed by atoms with Gasteiger partial charge in [-0.3, -0.25) is 19.8 Å². The predicted octanol–water partition coefficient (Wildman–Crippen LogP) is 4.85. The molecule has 31 heavy (non-hydrogen) atoms. The maximum atomic E-state index is 12.7. The van der Waals surface area contributed by atoms with Crippen LogP contribution in [0.4, 0.5) is 5.69 Å². The van der Waals surface area contributed by atoms with Crippen molar-refractivity contribution in [2.75, 3.05) is 13.1 Å². The van der Waals surface area contributed by atoms with E-state index in [0.29, 0.717) is 17.5 Å². The fraction of sp³-hybridized carbons (Fsp3) is 0.458. The number of hydrogen-bond acceptors (Lipinski definition) is 4. The second-order valence-corrected chi connectivity index (χ2v) is 9.13. The van der Waals surface area contributed by atoms with Crippen LogP contribution in [0.2, 0.25) is 5.02 Å². The van der Waals surface area contributed by atoms with Crippen LogP contribution in [0.3, 0.4) is 0 Å². The monoisotopic (exact) mass is 441 g/mol. The molecule has 164 valence electrons. The fourth-order valence-electron chi connectivity index (χ4n) is 4.97. The second kappa shape index (κ2) is 9.79. The lowest BCUT2D eigenvalue weighted by Gasteiger charge is -2.38. The first-order valence-electron chi connectivity index (χ1n) is 11.0. The number of amides is 1. The Hall–Kier alpha value is -2.44. The highest BCUT2D eigenvalue weighted by atomic mass is 35.5. The number of rotatable bonds is 6. The van der Waals surface area contributed by atoms with E-state index < -0.39 is 4.92 Å². The maximum Gasteiger partial charge on any atom is 0.269 e. The zero-order valence-electron chi connectivity index (χ0n) is 17.5. The van der Waals surface area contributed by atoms with Crippen LogP contribution in [0.25, 0.3) is 0 Å². The first kappa shape index (κ1) is 21.8. The molecule has 2 fully saturated rings. The summed E-state index contributed by atoms with van der Waals surface area (Å²) in [6, 6.07) is 14.5. The number of nitrogens with zero attached hydrogens (tertiary/aromatic N) is 2. The molecule has 2 aromatic carbocycles. The van der Waals surface area contributed by atoms with E-state index in [2.05, 4.69) is 22.3 Å². The standard InChI is InChI=1S/C24H28ClN3O3/c25-20-8-4-17(5-9-20)16-18-12-14-27(15-13-18)23-3-1-2-22(23)26-24(29)19-6-10-21(11-7-19)28(30)31/h4-11,18,22-23H,1-3,12-16H2,(H,26,29). The minimum absolute atomic E-state index is 0.00300. The third-order valence-electron chi connectivity index (χ3n) is 6.69. The number of hydrogen-bond donors (Lipinski definition) is 1. The van der Waals surface area contributed by atoms with Crippen molar-refractivity contribution in [2.24, 2.45) is 5.92 Å². The number of nitro benzene ring substituents is 1. The molecule has 1 heterocycles. The highest BCUT2D eigenvalue weighted by Gasteiger charge is 2.35. The summed E-state index contributed by atoms with van der Waals surface area (Å²) in [6.07, 6.45) is 6.63. The molecule has 1 N–H and O–H groups in total. The van der Waals surface area contributed by atoms with Crippen LogP contribution in [0.15, 0.2) is 48.5 Å². The SMILES string of the molecule is O=C(NC1CCCC1N1CCC(Cc2ccc(Cl)cc2)CC1)c1ccc([N+](=O)[O-])cc1. The van der Waals surface area contributed by atoms with Crippen LogP contribution in [0, 0.1) is 16.0 Å². The average molecular weight is 442 g/mol. The molecule has 2 aliphatic rings. The molecule has 6 nitrogen and oxygen atoms in total. The van der Waals surface area contributed by atoms with Crippen molar-refractivity contribution in [1.29, 1.82) is 0 Å². The largest absolute Gasteiger partial charge is 0.348 e. The summed E-state index contributed by atoms with van der Waals surface area (Å²) >= 11 is 5.99. The van der Waals surface area contributed by atoms with Crippen molar-refractivity contribution in [3.05, 3.63) is 74.8 Å². The quantitative estimate of drug-likeness (QED) is 0.513. The molecule has 0 aromatic heterocycles. The number of benzene rings is 2. The summed E-state index contributed by atoms with van der Waals surface area (Å²) in [5.74, 6) is 0.538. The van der Waals surface area contributed by atoms with Gasteiger partial charge >= 0.3 is 0 Å². The Morgan fingerprint density at radius 2 is 1.71 bits per heavy atom. The lowest BCUT2D eigenvalue weighted by molar-refractivity contribution is -0.384. The normalized spacial score (nSPS) is 22.4. The van der Waals surface area contributed by atoms with Crippen LogP contribution < -0.4 is 5.32 Å². The van der Waals surface area contributed by atoms with Crippen molar-refractivity contribution in [3.63, 3.8) is 0 Å². The van der Waals surface area contributed by atoms with E-state index in [9.17, 15) is 14.9 Å². The number of likely N-dealkylation sites (tertiary alicyclic amines) is 1. The van der Waals surface area contributed by atoms with Gasteiger partial charge in [-0.25, -0.2) is 0 Å². The van der Waals surface area contributed by atoms with E-state index in [1.54, 1.807) is 0 Å². The molecule has 1 aliphatic carbocycles. The van der Waals surface area contributed by atoms with Crippen molar-refractivity contribution < 1.29 is 9.72 Å². The number of carbonyl (C=O) groups excluding carboxylic acids is 1. The number of nitro groups is 1. The van der Waals surface area contributed by atoms with Crippen molar-refractivity contribution >= 4 is 23.2 Å². The Labute approximate surface area is 187 Å². The van der Waals surface area contributed by atoms with Crippen LogP contribution in [0.5, 0.6) is 0 Å². The molecule has 1 amide bonds. The van der Waals surface area contributed by atoms with Crippen LogP contribution >= 0.6 is 11.6 Å². The minimum atomic E-state index is -0.453. The molecule has 7 heteroatoms. The van der Waals surface area contributed by atoms with Gasteiger partial charge in [0, 0.05) is 34.8 Å². The zero-order chi connectivity index (χ0) is 21.8. The Morgan fingerprint density at radius 3 is 2.35 bits per heavy atom. The van der Waals surface area contributed by atoms with Crippen LogP contribution in [-0.2, 0) is 6.42 Å². The van der Waals surface area contributed by atoms with Gasteiger partial charge < -0.3 is 5.32 Å². The van der Waals surface area contributed by atoms with Crippen LogP contribution in [0.1, 0.15) is 48.0 Å².